The van der Waals surface area contributed by atoms with Gasteiger partial charge in [-0.1, -0.05) is 32.4 Å². The maximum absolute atomic E-state index is 13.6. The van der Waals surface area contributed by atoms with Gasteiger partial charge in [0.2, 0.25) is 0 Å². The third kappa shape index (κ3) is 4.71. The van der Waals surface area contributed by atoms with Crippen molar-refractivity contribution in [1.82, 2.24) is 5.32 Å². The fraction of sp³-hybridized carbons (Fsp3) is 0.467. The van der Waals surface area contributed by atoms with Gasteiger partial charge in [-0.15, -0.1) is 0 Å². The molecule has 0 saturated carbocycles. The van der Waals surface area contributed by atoms with Crippen LogP contribution in [0.4, 0.5) is 13.2 Å². The first kappa shape index (κ1) is 15.8. The Hall–Kier alpha value is -1.29. The normalized spacial score (nSPS) is 12.3. The van der Waals surface area contributed by atoms with Gasteiger partial charge >= 0.3 is 0 Å². The Bertz CT molecular complexity index is 453. The highest BCUT2D eigenvalue weighted by Gasteiger charge is 2.10. The molecular formula is C15H20F3N. The van der Waals surface area contributed by atoms with Gasteiger partial charge in [-0.05, 0) is 24.9 Å². The molecule has 1 rings (SSSR count). The maximum Gasteiger partial charge on any atom is 0.161 e. The van der Waals surface area contributed by atoms with Crippen LogP contribution >= 0.6 is 0 Å². The van der Waals surface area contributed by atoms with Crippen molar-refractivity contribution in [1.29, 1.82) is 0 Å². The molecule has 4 heteroatoms. The molecule has 106 valence electrons. The lowest BCUT2D eigenvalue weighted by atomic mass is 10.00. The number of benzene rings is 1. The minimum atomic E-state index is -1.16. The summed E-state index contributed by atoms with van der Waals surface area (Å²) in [4.78, 5) is 0. The van der Waals surface area contributed by atoms with E-state index in [4.69, 9.17) is 0 Å². The summed E-state index contributed by atoms with van der Waals surface area (Å²) in [5.41, 5.74) is 1.04. The molecule has 0 aliphatic carbocycles. The van der Waals surface area contributed by atoms with E-state index >= 15 is 0 Å². The average molecular weight is 271 g/mol. The molecule has 1 aromatic rings. The fourth-order valence-corrected chi connectivity index (χ4v) is 1.68. The Balaban J connectivity index is 2.98. The molecule has 0 aromatic heterocycles. The summed E-state index contributed by atoms with van der Waals surface area (Å²) in [7, 11) is 0. The summed E-state index contributed by atoms with van der Waals surface area (Å²) in [5, 5.41) is 3.22. The van der Waals surface area contributed by atoms with E-state index in [1.54, 1.807) is 6.08 Å². The fourth-order valence-electron chi connectivity index (χ4n) is 1.68. The second-order valence-corrected chi connectivity index (χ2v) is 4.84. The van der Waals surface area contributed by atoms with E-state index in [1.807, 2.05) is 13.8 Å². The van der Waals surface area contributed by atoms with E-state index in [9.17, 15) is 13.2 Å². The highest BCUT2D eigenvalue weighted by Crippen LogP contribution is 2.19. The first-order valence-electron chi connectivity index (χ1n) is 6.51. The van der Waals surface area contributed by atoms with Crippen LogP contribution in [0.3, 0.4) is 0 Å². The molecule has 0 radical (unpaired) electrons. The number of nitrogens with one attached hydrogen (secondary N) is 1. The van der Waals surface area contributed by atoms with Crippen molar-refractivity contribution in [3.8, 4) is 0 Å². The SMILES string of the molecule is CCCNC/C(=C/c1cc(F)c(F)cc1F)C(C)C. The van der Waals surface area contributed by atoms with Gasteiger partial charge in [0.15, 0.2) is 11.6 Å². The summed E-state index contributed by atoms with van der Waals surface area (Å²) in [6, 6.07) is 1.48. The molecule has 1 nitrogen and oxygen atoms in total. The highest BCUT2D eigenvalue weighted by atomic mass is 19.2. The quantitative estimate of drug-likeness (QED) is 0.605. The van der Waals surface area contributed by atoms with Crippen LogP contribution in [-0.2, 0) is 0 Å². The largest absolute Gasteiger partial charge is 0.313 e. The lowest BCUT2D eigenvalue weighted by Gasteiger charge is -2.13. The Morgan fingerprint density at radius 1 is 1.16 bits per heavy atom. The molecule has 0 amide bonds. The van der Waals surface area contributed by atoms with Crippen LogP contribution in [0.1, 0.15) is 32.8 Å². The molecule has 0 aliphatic rings. The van der Waals surface area contributed by atoms with Crippen LogP contribution in [0.5, 0.6) is 0 Å². The van der Waals surface area contributed by atoms with Gasteiger partial charge in [0.1, 0.15) is 5.82 Å². The molecule has 0 aliphatic heterocycles. The number of hydrogen-bond acceptors (Lipinski definition) is 1. The first-order chi connectivity index (χ1) is 8.95. The highest BCUT2D eigenvalue weighted by molar-refractivity contribution is 5.54. The molecule has 1 aromatic carbocycles. The summed E-state index contributed by atoms with van der Waals surface area (Å²) in [6.45, 7) is 7.50. The second kappa shape index (κ2) is 7.34. The smallest absolute Gasteiger partial charge is 0.161 e. The minimum absolute atomic E-state index is 0.0842. The third-order valence-electron chi connectivity index (χ3n) is 2.88. The van der Waals surface area contributed by atoms with Gasteiger partial charge < -0.3 is 5.32 Å². The van der Waals surface area contributed by atoms with E-state index in [0.717, 1.165) is 24.6 Å². The predicted octanol–water partition coefficient (Wildman–Crippen LogP) is 4.14. The van der Waals surface area contributed by atoms with Crippen LogP contribution in [-0.4, -0.2) is 13.1 Å². The van der Waals surface area contributed by atoms with E-state index in [1.165, 1.54) is 0 Å². The molecule has 1 N–H and O–H groups in total. The van der Waals surface area contributed by atoms with Gasteiger partial charge in [-0.2, -0.15) is 0 Å². The van der Waals surface area contributed by atoms with Crippen LogP contribution < -0.4 is 5.32 Å². The zero-order valence-corrected chi connectivity index (χ0v) is 11.6. The van der Waals surface area contributed by atoms with E-state index in [2.05, 4.69) is 12.2 Å². The second-order valence-electron chi connectivity index (χ2n) is 4.84. The zero-order chi connectivity index (χ0) is 14.4. The minimum Gasteiger partial charge on any atom is -0.313 e. The molecule has 0 atom stereocenters. The average Bonchev–Trinajstić information content (AvgIpc) is 2.34. The maximum atomic E-state index is 13.6. The molecule has 0 saturated heterocycles. The molecule has 0 unspecified atom stereocenters. The Kier molecular flexibility index (Phi) is 6.09. The van der Waals surface area contributed by atoms with Gasteiger partial charge in [-0.25, -0.2) is 13.2 Å². The number of hydrogen-bond donors (Lipinski definition) is 1. The lowest BCUT2D eigenvalue weighted by Crippen LogP contribution is -2.20. The monoisotopic (exact) mass is 271 g/mol. The van der Waals surface area contributed by atoms with Crippen LogP contribution in [0.15, 0.2) is 17.7 Å². The third-order valence-corrected chi connectivity index (χ3v) is 2.88. The Labute approximate surface area is 112 Å². The lowest BCUT2D eigenvalue weighted by molar-refractivity contribution is 0.494. The van der Waals surface area contributed by atoms with Crippen LogP contribution in [0.25, 0.3) is 6.08 Å². The van der Waals surface area contributed by atoms with Gasteiger partial charge in [0.05, 0.1) is 0 Å². The van der Waals surface area contributed by atoms with Crippen molar-refractivity contribution >= 4 is 6.08 Å². The van der Waals surface area contributed by atoms with Crippen molar-refractivity contribution in [2.75, 3.05) is 13.1 Å². The van der Waals surface area contributed by atoms with Crippen molar-refractivity contribution < 1.29 is 13.2 Å². The number of halogens is 3. The summed E-state index contributed by atoms with van der Waals surface area (Å²) in [5.74, 6) is -2.73. The van der Waals surface area contributed by atoms with Crippen molar-refractivity contribution in [2.45, 2.75) is 27.2 Å². The van der Waals surface area contributed by atoms with Crippen molar-refractivity contribution in [3.05, 3.63) is 40.7 Å². The van der Waals surface area contributed by atoms with E-state index in [0.29, 0.717) is 12.6 Å². The van der Waals surface area contributed by atoms with Crippen molar-refractivity contribution in [3.63, 3.8) is 0 Å². The standard InChI is InChI=1S/C15H20F3N/c1-4-5-19-9-12(10(2)3)6-11-7-14(17)15(18)8-13(11)16/h6-8,10,19H,4-5,9H2,1-3H3/b12-6-. The van der Waals surface area contributed by atoms with E-state index in [-0.39, 0.29) is 11.5 Å². The van der Waals surface area contributed by atoms with Gasteiger partial charge in [0, 0.05) is 18.2 Å². The van der Waals surface area contributed by atoms with Crippen molar-refractivity contribution in [2.24, 2.45) is 5.92 Å². The van der Waals surface area contributed by atoms with Gasteiger partial charge in [-0.3, -0.25) is 0 Å². The summed E-state index contributed by atoms with van der Waals surface area (Å²) < 4.78 is 39.6. The number of rotatable bonds is 6. The van der Waals surface area contributed by atoms with Crippen LogP contribution in [0, 0.1) is 23.4 Å². The molecular weight excluding hydrogens is 251 g/mol. The van der Waals surface area contributed by atoms with Crippen LogP contribution in [0.2, 0.25) is 0 Å². The molecule has 0 fully saturated rings. The molecule has 0 bridgehead atoms. The predicted molar refractivity (Wildman–Crippen MR) is 72.3 cm³/mol. The first-order valence-corrected chi connectivity index (χ1v) is 6.51. The summed E-state index contributed by atoms with van der Waals surface area (Å²) >= 11 is 0. The Morgan fingerprint density at radius 3 is 2.37 bits per heavy atom. The summed E-state index contributed by atoms with van der Waals surface area (Å²) in [6.07, 6.45) is 2.59. The zero-order valence-electron chi connectivity index (χ0n) is 11.6. The van der Waals surface area contributed by atoms with Gasteiger partial charge in [0.25, 0.3) is 0 Å². The topological polar surface area (TPSA) is 12.0 Å². The van der Waals surface area contributed by atoms with E-state index < -0.39 is 17.5 Å². The Morgan fingerprint density at radius 2 is 1.79 bits per heavy atom. The molecule has 19 heavy (non-hydrogen) atoms. The molecule has 0 heterocycles. The molecule has 0 spiro atoms.